The van der Waals surface area contributed by atoms with Crippen LogP contribution in [0, 0.1) is 6.92 Å². The average molecular weight is 285 g/mol. The molecule has 2 atom stereocenters. The van der Waals surface area contributed by atoms with E-state index in [1.807, 2.05) is 19.1 Å². The van der Waals surface area contributed by atoms with E-state index >= 15 is 0 Å². The van der Waals surface area contributed by atoms with Gasteiger partial charge in [0.05, 0.1) is 11.6 Å². The predicted molar refractivity (Wildman–Crippen MR) is 73.3 cm³/mol. The zero-order valence-corrected chi connectivity index (χ0v) is 12.0. The molecule has 0 aromatic heterocycles. The van der Waals surface area contributed by atoms with Crippen LogP contribution in [0.5, 0.6) is 0 Å². The average Bonchev–Trinajstić information content (AvgIpc) is 3.15. The number of benzene rings is 1. The molecule has 1 heterocycles. The summed E-state index contributed by atoms with van der Waals surface area (Å²) >= 11 is 0. The van der Waals surface area contributed by atoms with Gasteiger partial charge in [-0.25, -0.2) is 8.42 Å². The Balaban J connectivity index is 1.90. The second-order valence-corrected chi connectivity index (χ2v) is 6.97. The number of aryl methyl sites for hydroxylation is 1. The van der Waals surface area contributed by atoms with E-state index in [0.717, 1.165) is 24.8 Å². The van der Waals surface area contributed by atoms with E-state index in [1.54, 1.807) is 12.1 Å². The summed E-state index contributed by atoms with van der Waals surface area (Å²) < 4.78 is 38.0. The fraction of sp³-hybridized carbons (Fsp3) is 0.571. The Kier molecular flexibility index (Phi) is 4.58. The quantitative estimate of drug-likeness (QED) is 0.570. The molecule has 5 heteroatoms. The fourth-order valence-electron chi connectivity index (χ4n) is 2.19. The molecular formula is C14H20FNO2S. The lowest BCUT2D eigenvalue weighted by molar-refractivity contribution is 0.450. The van der Waals surface area contributed by atoms with Crippen molar-refractivity contribution in [3.63, 3.8) is 0 Å². The van der Waals surface area contributed by atoms with Crippen LogP contribution in [-0.2, 0) is 10.0 Å². The standard InChI is InChI=1S/C14H20FNO2S/c1-12-6-8-14(9-7-12)19(17,18)16-11-13(16)5-3-2-4-10-15/h6-9,13H,2-5,10-11H2,1H3/t13-,16?/m1/s1. The minimum absolute atomic E-state index is 0.117. The summed E-state index contributed by atoms with van der Waals surface area (Å²) in [7, 11) is -3.32. The molecule has 0 aliphatic carbocycles. The van der Waals surface area contributed by atoms with E-state index in [4.69, 9.17) is 0 Å². The molecule has 0 bridgehead atoms. The first kappa shape index (κ1) is 14.5. The third-order valence-electron chi connectivity index (χ3n) is 3.46. The van der Waals surface area contributed by atoms with Gasteiger partial charge in [0.2, 0.25) is 10.0 Å². The minimum Gasteiger partial charge on any atom is -0.251 e. The number of unbranched alkanes of at least 4 members (excludes halogenated alkanes) is 2. The number of alkyl halides is 1. The number of hydrogen-bond donors (Lipinski definition) is 0. The lowest BCUT2D eigenvalue weighted by atomic mass is 10.2. The highest BCUT2D eigenvalue weighted by atomic mass is 32.2. The minimum atomic E-state index is -3.32. The lowest BCUT2D eigenvalue weighted by Crippen LogP contribution is -2.14. The Hall–Kier alpha value is -0.940. The van der Waals surface area contributed by atoms with E-state index < -0.39 is 10.0 Å². The molecule has 1 aromatic carbocycles. The van der Waals surface area contributed by atoms with Crippen LogP contribution in [0.1, 0.15) is 31.2 Å². The molecule has 3 nitrogen and oxygen atoms in total. The molecule has 1 unspecified atom stereocenters. The molecule has 0 amide bonds. The first-order valence-corrected chi connectivity index (χ1v) is 8.14. The maximum absolute atomic E-state index is 12.3. The van der Waals surface area contributed by atoms with Crippen molar-refractivity contribution in [2.24, 2.45) is 0 Å². The number of nitrogens with zero attached hydrogens (tertiary/aromatic N) is 1. The van der Waals surface area contributed by atoms with Crippen LogP contribution >= 0.6 is 0 Å². The molecule has 1 aliphatic heterocycles. The first-order valence-electron chi connectivity index (χ1n) is 6.70. The first-order chi connectivity index (χ1) is 9.05. The van der Waals surface area contributed by atoms with Crippen LogP contribution in [0.3, 0.4) is 0 Å². The number of sulfonamides is 1. The van der Waals surface area contributed by atoms with Crippen molar-refractivity contribution < 1.29 is 12.8 Å². The van der Waals surface area contributed by atoms with Crippen LogP contribution in [0.15, 0.2) is 29.2 Å². The maximum atomic E-state index is 12.3. The molecule has 0 saturated carbocycles. The molecule has 19 heavy (non-hydrogen) atoms. The predicted octanol–water partition coefficient (Wildman–Crippen LogP) is 2.90. The van der Waals surface area contributed by atoms with E-state index in [-0.39, 0.29) is 12.7 Å². The number of halogens is 1. The molecule has 2 rings (SSSR count). The van der Waals surface area contributed by atoms with Gasteiger partial charge < -0.3 is 0 Å². The van der Waals surface area contributed by atoms with Gasteiger partial charge in [-0.15, -0.1) is 0 Å². The van der Waals surface area contributed by atoms with Crippen LogP contribution < -0.4 is 0 Å². The van der Waals surface area contributed by atoms with Gasteiger partial charge in [0.25, 0.3) is 0 Å². The van der Waals surface area contributed by atoms with Gasteiger partial charge in [-0.2, -0.15) is 4.31 Å². The Morgan fingerprint density at radius 3 is 2.53 bits per heavy atom. The van der Waals surface area contributed by atoms with E-state index in [1.165, 1.54) is 4.31 Å². The lowest BCUT2D eigenvalue weighted by Gasteiger charge is -2.06. The molecule has 1 aromatic rings. The molecule has 0 N–H and O–H groups in total. The van der Waals surface area contributed by atoms with E-state index in [9.17, 15) is 12.8 Å². The van der Waals surface area contributed by atoms with Crippen molar-refractivity contribution in [3.8, 4) is 0 Å². The summed E-state index contributed by atoms with van der Waals surface area (Å²) in [5.74, 6) is 0. The summed E-state index contributed by atoms with van der Waals surface area (Å²) in [6.45, 7) is 2.25. The van der Waals surface area contributed by atoms with E-state index in [2.05, 4.69) is 0 Å². The summed E-state index contributed by atoms with van der Waals surface area (Å²) in [5.41, 5.74) is 1.05. The second kappa shape index (κ2) is 6.01. The topological polar surface area (TPSA) is 37.1 Å². The monoisotopic (exact) mass is 285 g/mol. The zero-order chi connectivity index (χ0) is 13.9. The van der Waals surface area contributed by atoms with Crippen molar-refractivity contribution in [2.45, 2.75) is 43.5 Å². The summed E-state index contributed by atoms with van der Waals surface area (Å²) in [6, 6.07) is 7.05. The smallest absolute Gasteiger partial charge is 0.243 e. The fourth-order valence-corrected chi connectivity index (χ4v) is 3.80. The zero-order valence-electron chi connectivity index (χ0n) is 11.2. The normalized spacial score (nSPS) is 22.4. The number of rotatable bonds is 7. The second-order valence-electron chi connectivity index (χ2n) is 5.08. The van der Waals surface area contributed by atoms with Crippen LogP contribution in [0.4, 0.5) is 4.39 Å². The van der Waals surface area contributed by atoms with Gasteiger partial charge in [0.1, 0.15) is 0 Å². The third-order valence-corrected chi connectivity index (χ3v) is 5.40. The summed E-state index contributed by atoms with van der Waals surface area (Å²) in [4.78, 5) is 0.365. The summed E-state index contributed by atoms with van der Waals surface area (Å²) in [5, 5.41) is 0. The van der Waals surface area contributed by atoms with Crippen molar-refractivity contribution in [1.82, 2.24) is 4.31 Å². The maximum Gasteiger partial charge on any atom is 0.243 e. The highest BCUT2D eigenvalue weighted by Crippen LogP contribution is 2.31. The molecule has 1 fully saturated rings. The highest BCUT2D eigenvalue weighted by molar-refractivity contribution is 7.89. The molecule has 1 aliphatic rings. The number of hydrogen-bond acceptors (Lipinski definition) is 2. The third kappa shape index (κ3) is 3.54. The van der Waals surface area contributed by atoms with Gasteiger partial charge >= 0.3 is 0 Å². The van der Waals surface area contributed by atoms with Crippen molar-refractivity contribution in [3.05, 3.63) is 29.8 Å². The van der Waals surface area contributed by atoms with Gasteiger partial charge in [-0.3, -0.25) is 4.39 Å². The Bertz CT molecular complexity index is 513. The van der Waals surface area contributed by atoms with Crippen molar-refractivity contribution in [2.75, 3.05) is 13.2 Å². The molecule has 106 valence electrons. The van der Waals surface area contributed by atoms with Crippen LogP contribution in [-0.4, -0.2) is 32.0 Å². The molecule has 0 spiro atoms. The highest BCUT2D eigenvalue weighted by Gasteiger charge is 2.43. The van der Waals surface area contributed by atoms with Crippen LogP contribution in [0.2, 0.25) is 0 Å². The molecular weight excluding hydrogens is 265 g/mol. The van der Waals surface area contributed by atoms with Gasteiger partial charge in [0.15, 0.2) is 0 Å². The largest absolute Gasteiger partial charge is 0.251 e. The van der Waals surface area contributed by atoms with Gasteiger partial charge in [-0.05, 0) is 31.9 Å². The van der Waals surface area contributed by atoms with Crippen molar-refractivity contribution >= 4 is 10.0 Å². The molecule has 0 radical (unpaired) electrons. The Morgan fingerprint density at radius 2 is 1.89 bits per heavy atom. The Morgan fingerprint density at radius 1 is 1.21 bits per heavy atom. The Labute approximate surface area is 114 Å². The van der Waals surface area contributed by atoms with Gasteiger partial charge in [0, 0.05) is 12.6 Å². The van der Waals surface area contributed by atoms with Crippen LogP contribution in [0.25, 0.3) is 0 Å². The summed E-state index contributed by atoms with van der Waals surface area (Å²) in [6.07, 6.45) is 3.16. The van der Waals surface area contributed by atoms with E-state index in [0.29, 0.717) is 17.9 Å². The van der Waals surface area contributed by atoms with Gasteiger partial charge in [-0.1, -0.05) is 30.5 Å². The SMILES string of the molecule is Cc1ccc(S(=O)(=O)N2C[C@H]2CCCCCF)cc1. The molecule has 1 saturated heterocycles. The van der Waals surface area contributed by atoms with Crippen molar-refractivity contribution in [1.29, 1.82) is 0 Å².